The normalized spacial score (nSPS) is 11.8. The highest BCUT2D eigenvalue weighted by molar-refractivity contribution is 5.80. The Kier molecular flexibility index (Phi) is 18.7. The minimum Gasteiger partial charge on any atom is -0.480 e. The monoisotopic (exact) mass is 702 g/mol. The number of aryl methyl sites for hydroxylation is 1. The smallest absolute Gasteiger partial charge is 0.317 e. The summed E-state index contributed by atoms with van der Waals surface area (Å²) in [5, 5.41) is 39.3. The van der Waals surface area contributed by atoms with E-state index in [9.17, 15) is 28.8 Å². The summed E-state index contributed by atoms with van der Waals surface area (Å²) >= 11 is 0. The molecule has 274 valence electrons. The first-order chi connectivity index (χ1) is 23.8. The zero-order valence-electron chi connectivity index (χ0n) is 27.7. The topological polar surface area (TPSA) is 252 Å². The van der Waals surface area contributed by atoms with E-state index in [4.69, 9.17) is 31.0 Å². The Morgan fingerprint density at radius 2 is 1.08 bits per heavy atom. The highest BCUT2D eigenvalue weighted by Crippen LogP contribution is 2.07. The molecule has 0 saturated carbocycles. The fourth-order valence-corrected chi connectivity index (χ4v) is 4.78. The van der Waals surface area contributed by atoms with Crippen molar-refractivity contribution in [2.45, 2.75) is 31.8 Å². The maximum atomic E-state index is 12.9. The Morgan fingerprint density at radius 1 is 0.620 bits per heavy atom. The van der Waals surface area contributed by atoms with Gasteiger partial charge >= 0.3 is 23.9 Å². The number of nitrogens with two attached hydrogens (primary N) is 1. The number of hydroxylamine groups is 1. The van der Waals surface area contributed by atoms with Crippen LogP contribution in [0, 0.1) is 0 Å². The van der Waals surface area contributed by atoms with Crippen molar-refractivity contribution in [3.8, 4) is 0 Å². The highest BCUT2D eigenvalue weighted by Gasteiger charge is 2.20. The number of hydrogen-bond donors (Lipinski definition) is 7. The van der Waals surface area contributed by atoms with Gasteiger partial charge in [-0.2, -0.15) is 0 Å². The average Bonchev–Trinajstić information content (AvgIpc) is 3.05. The van der Waals surface area contributed by atoms with Crippen LogP contribution in [0.3, 0.4) is 0 Å². The van der Waals surface area contributed by atoms with Crippen LogP contribution in [0.2, 0.25) is 0 Å². The van der Waals surface area contributed by atoms with Gasteiger partial charge in [-0.25, -0.2) is 5.48 Å². The van der Waals surface area contributed by atoms with Crippen LogP contribution in [0.5, 0.6) is 0 Å². The molecule has 0 spiro atoms. The molecule has 0 saturated heterocycles. The first kappa shape index (κ1) is 41.2. The second kappa shape index (κ2) is 22.6. The van der Waals surface area contributed by atoms with Crippen molar-refractivity contribution in [2.75, 3.05) is 65.5 Å². The molecule has 2 aromatic rings. The lowest BCUT2D eigenvalue weighted by molar-refractivity contribution is -0.143. The van der Waals surface area contributed by atoms with Gasteiger partial charge in [-0.15, -0.1) is 0 Å². The molecule has 0 unspecified atom stereocenters. The standard InChI is InChI=1S/C33H46N6O11/c34-27(11-10-24-4-2-1-3-5-24)33(49)36-50-17-12-25-6-8-26(9-7-25)18-35-28(40)19-37(13-15-38(20-29(41)42)21-30(43)44)14-16-39(22-31(45)46)23-32(47)48/h1-9,27H,10-23,34H2,(H,35,40)(H,36,49)(H,41,42)(H,43,44)(H,45,46)(H,47,48)/t27-/m1/s1. The van der Waals surface area contributed by atoms with Gasteiger partial charge < -0.3 is 31.5 Å². The number of carboxylic acid groups (broad SMARTS) is 4. The fraction of sp³-hybridized carbons (Fsp3) is 0.455. The van der Waals surface area contributed by atoms with Crippen molar-refractivity contribution in [1.82, 2.24) is 25.5 Å². The van der Waals surface area contributed by atoms with Gasteiger partial charge in [0, 0.05) is 32.7 Å². The summed E-state index contributed by atoms with van der Waals surface area (Å²) in [5.74, 6) is -5.74. The molecule has 0 heterocycles. The van der Waals surface area contributed by atoms with Gasteiger partial charge in [-0.05, 0) is 36.0 Å². The third-order valence-corrected chi connectivity index (χ3v) is 7.37. The third kappa shape index (κ3) is 18.6. The number of amides is 2. The van der Waals surface area contributed by atoms with Crippen molar-refractivity contribution in [3.05, 3.63) is 71.3 Å². The molecule has 2 amide bonds. The van der Waals surface area contributed by atoms with E-state index in [1.54, 1.807) is 4.90 Å². The summed E-state index contributed by atoms with van der Waals surface area (Å²) < 4.78 is 0. The molecule has 2 aromatic carbocycles. The summed E-state index contributed by atoms with van der Waals surface area (Å²) in [5.41, 5.74) is 11.2. The Labute approximate surface area is 289 Å². The molecule has 8 N–H and O–H groups in total. The molecule has 0 aliphatic carbocycles. The minimum absolute atomic E-state index is 0.0281. The summed E-state index contributed by atoms with van der Waals surface area (Å²) in [6, 6.07) is 16.3. The SMILES string of the molecule is N[C@H](CCc1ccccc1)C(=O)NOCCc1ccc(CNC(=O)CN(CCN(CC(=O)O)CC(=O)O)CCN(CC(=O)O)CC(=O)O)cc1. The first-order valence-corrected chi connectivity index (χ1v) is 15.9. The Hall–Kier alpha value is -4.94. The van der Waals surface area contributed by atoms with Gasteiger partial charge in [-0.3, -0.25) is 48.3 Å². The molecule has 17 heteroatoms. The van der Waals surface area contributed by atoms with Gasteiger partial charge in [0.1, 0.15) is 0 Å². The second-order valence-electron chi connectivity index (χ2n) is 11.6. The lowest BCUT2D eigenvalue weighted by Gasteiger charge is -2.28. The number of carbonyl (C=O) groups excluding carboxylic acids is 2. The van der Waals surface area contributed by atoms with Crippen LogP contribution in [-0.2, 0) is 53.0 Å². The zero-order valence-corrected chi connectivity index (χ0v) is 27.7. The highest BCUT2D eigenvalue weighted by atomic mass is 16.6. The molecule has 0 radical (unpaired) electrons. The van der Waals surface area contributed by atoms with Crippen molar-refractivity contribution in [2.24, 2.45) is 5.73 Å². The van der Waals surface area contributed by atoms with Crippen LogP contribution in [0.25, 0.3) is 0 Å². The molecule has 50 heavy (non-hydrogen) atoms. The Morgan fingerprint density at radius 3 is 1.58 bits per heavy atom. The van der Waals surface area contributed by atoms with Gasteiger partial charge in [0.25, 0.3) is 5.91 Å². The summed E-state index contributed by atoms with van der Waals surface area (Å²) in [4.78, 5) is 79.1. The average molecular weight is 703 g/mol. The minimum atomic E-state index is -1.23. The third-order valence-electron chi connectivity index (χ3n) is 7.37. The maximum Gasteiger partial charge on any atom is 0.317 e. The number of nitrogens with zero attached hydrogens (tertiary/aromatic N) is 3. The quantitative estimate of drug-likeness (QED) is 0.0463. The zero-order chi connectivity index (χ0) is 36.9. The van der Waals surface area contributed by atoms with Crippen LogP contribution in [0.1, 0.15) is 23.1 Å². The van der Waals surface area contributed by atoms with Crippen LogP contribution in [0.15, 0.2) is 54.6 Å². The van der Waals surface area contributed by atoms with Gasteiger partial charge in [0.15, 0.2) is 0 Å². The molecule has 0 aromatic heterocycles. The lowest BCUT2D eigenvalue weighted by atomic mass is 10.1. The second-order valence-corrected chi connectivity index (χ2v) is 11.6. The molecule has 0 bridgehead atoms. The van der Waals surface area contributed by atoms with Crippen LogP contribution < -0.4 is 16.5 Å². The Balaban J connectivity index is 1.85. The Bertz CT molecular complexity index is 1320. The van der Waals surface area contributed by atoms with E-state index in [0.717, 1.165) is 16.7 Å². The van der Waals surface area contributed by atoms with Crippen molar-refractivity contribution < 1.29 is 54.0 Å². The van der Waals surface area contributed by atoms with E-state index in [2.05, 4.69) is 10.8 Å². The molecule has 0 fully saturated rings. The number of hydrogen-bond acceptors (Lipinski definition) is 11. The van der Waals surface area contributed by atoms with Crippen molar-refractivity contribution in [1.29, 1.82) is 0 Å². The molecular weight excluding hydrogens is 656 g/mol. The number of aliphatic carboxylic acids is 4. The van der Waals surface area contributed by atoms with E-state index < -0.39 is 67.9 Å². The molecule has 0 aliphatic heterocycles. The molecule has 17 nitrogen and oxygen atoms in total. The predicted octanol–water partition coefficient (Wildman–Crippen LogP) is -0.902. The van der Waals surface area contributed by atoms with Gasteiger partial charge in [0.2, 0.25) is 5.91 Å². The van der Waals surface area contributed by atoms with E-state index in [-0.39, 0.29) is 45.9 Å². The molecule has 0 aliphatic rings. The van der Waals surface area contributed by atoms with E-state index in [0.29, 0.717) is 19.3 Å². The predicted molar refractivity (Wildman–Crippen MR) is 179 cm³/mol. The number of carbonyl (C=O) groups is 6. The lowest BCUT2D eigenvalue weighted by Crippen LogP contribution is -2.47. The molecule has 2 rings (SSSR count). The largest absolute Gasteiger partial charge is 0.480 e. The van der Waals surface area contributed by atoms with Crippen LogP contribution in [-0.4, -0.2) is 142 Å². The summed E-state index contributed by atoms with van der Waals surface area (Å²) in [6.45, 7) is -1.93. The maximum absolute atomic E-state index is 12.9. The van der Waals surface area contributed by atoms with E-state index in [1.165, 1.54) is 9.80 Å². The summed E-state index contributed by atoms with van der Waals surface area (Å²) in [6.07, 6.45) is 1.65. The fourth-order valence-electron chi connectivity index (χ4n) is 4.78. The van der Waals surface area contributed by atoms with E-state index in [1.807, 2.05) is 54.6 Å². The van der Waals surface area contributed by atoms with Gasteiger partial charge in [0.05, 0.1) is 45.4 Å². The van der Waals surface area contributed by atoms with Gasteiger partial charge in [-0.1, -0.05) is 54.6 Å². The van der Waals surface area contributed by atoms with Crippen LogP contribution in [0.4, 0.5) is 0 Å². The number of carboxylic acids is 4. The first-order valence-electron chi connectivity index (χ1n) is 15.9. The molecule has 1 atom stereocenters. The number of nitrogens with one attached hydrogen (secondary N) is 2. The van der Waals surface area contributed by atoms with Crippen molar-refractivity contribution >= 4 is 35.7 Å². The van der Waals surface area contributed by atoms with E-state index >= 15 is 0 Å². The van der Waals surface area contributed by atoms with Crippen molar-refractivity contribution in [3.63, 3.8) is 0 Å². The number of rotatable bonds is 26. The number of benzene rings is 2. The van der Waals surface area contributed by atoms with Crippen LogP contribution >= 0.6 is 0 Å². The molecular formula is C33H46N6O11. The summed E-state index contributed by atoms with van der Waals surface area (Å²) in [7, 11) is 0.